The Morgan fingerprint density at radius 1 is 1.03 bits per heavy atom. The standard InChI is InChI=1S/C17H18N8O3.C3H6O2/c1-25(11-4-2-9(3-5-11)16(28)21-7-12(26)27)8-10-6-20-15-13(22-10)14(18)23-17(19)24-15;1-2-3(4)5/h2-6H,7-8H2,1H3,(H,21,28)(H,26,27)(H4,18,19,20,23,24);2H2,1H3,(H,4,5). The van der Waals surface area contributed by atoms with Gasteiger partial charge in [-0.05, 0) is 24.3 Å². The maximum Gasteiger partial charge on any atom is 0.322 e. The molecule has 3 aromatic rings. The van der Waals surface area contributed by atoms with E-state index in [-0.39, 0.29) is 18.2 Å². The number of rotatable bonds is 7. The first kappa shape index (κ1) is 24.7. The van der Waals surface area contributed by atoms with E-state index in [2.05, 4.69) is 25.3 Å². The molecule has 0 saturated carbocycles. The molecule has 0 unspecified atom stereocenters. The van der Waals surface area contributed by atoms with Crippen LogP contribution in [0.5, 0.6) is 0 Å². The minimum absolute atomic E-state index is 0.0386. The van der Waals surface area contributed by atoms with Crippen molar-refractivity contribution in [2.45, 2.75) is 19.9 Å². The van der Waals surface area contributed by atoms with Gasteiger partial charge in [0.15, 0.2) is 17.0 Å². The second-order valence-corrected chi connectivity index (χ2v) is 6.73. The fourth-order valence-electron chi connectivity index (χ4n) is 2.52. The summed E-state index contributed by atoms with van der Waals surface area (Å²) in [6, 6.07) is 6.73. The predicted molar refractivity (Wildman–Crippen MR) is 120 cm³/mol. The molecule has 2 aromatic heterocycles. The summed E-state index contributed by atoms with van der Waals surface area (Å²) >= 11 is 0. The van der Waals surface area contributed by atoms with Gasteiger partial charge in [-0.1, -0.05) is 6.92 Å². The fourth-order valence-corrected chi connectivity index (χ4v) is 2.52. The van der Waals surface area contributed by atoms with E-state index < -0.39 is 24.4 Å². The van der Waals surface area contributed by atoms with Gasteiger partial charge in [-0.15, -0.1) is 0 Å². The lowest BCUT2D eigenvalue weighted by molar-refractivity contribution is -0.137. The van der Waals surface area contributed by atoms with E-state index in [4.69, 9.17) is 21.7 Å². The zero-order chi connectivity index (χ0) is 24.5. The van der Waals surface area contributed by atoms with Gasteiger partial charge < -0.3 is 31.9 Å². The van der Waals surface area contributed by atoms with Gasteiger partial charge in [0.1, 0.15) is 6.54 Å². The quantitative estimate of drug-likeness (QED) is 0.329. The molecule has 0 bridgehead atoms. The molecule has 13 nitrogen and oxygen atoms in total. The van der Waals surface area contributed by atoms with Crippen LogP contribution >= 0.6 is 0 Å². The third-order valence-corrected chi connectivity index (χ3v) is 4.17. The van der Waals surface area contributed by atoms with E-state index in [9.17, 15) is 14.4 Å². The summed E-state index contributed by atoms with van der Waals surface area (Å²) in [5.74, 6) is -2.10. The van der Waals surface area contributed by atoms with Crippen LogP contribution in [-0.4, -0.2) is 61.6 Å². The van der Waals surface area contributed by atoms with Gasteiger partial charge in [-0.3, -0.25) is 14.4 Å². The minimum Gasteiger partial charge on any atom is -0.481 e. The van der Waals surface area contributed by atoms with Crippen molar-refractivity contribution < 1.29 is 24.6 Å². The summed E-state index contributed by atoms with van der Waals surface area (Å²) < 4.78 is 0. The van der Waals surface area contributed by atoms with Gasteiger partial charge >= 0.3 is 11.9 Å². The van der Waals surface area contributed by atoms with Crippen molar-refractivity contribution in [3.63, 3.8) is 0 Å². The Bertz CT molecular complexity index is 1150. The average molecular weight is 456 g/mol. The number of hydrogen-bond donors (Lipinski definition) is 5. The molecule has 0 radical (unpaired) electrons. The third-order valence-electron chi connectivity index (χ3n) is 4.17. The minimum atomic E-state index is -1.10. The van der Waals surface area contributed by atoms with Crippen LogP contribution in [0.3, 0.4) is 0 Å². The largest absolute Gasteiger partial charge is 0.481 e. The molecule has 0 fully saturated rings. The molecule has 0 aliphatic heterocycles. The summed E-state index contributed by atoms with van der Waals surface area (Å²) in [6.45, 7) is 1.60. The first-order valence-electron chi connectivity index (χ1n) is 9.68. The summed E-state index contributed by atoms with van der Waals surface area (Å²) in [5, 5.41) is 18.6. The maximum absolute atomic E-state index is 11.9. The second kappa shape index (κ2) is 11.2. The lowest BCUT2D eigenvalue weighted by Crippen LogP contribution is -2.29. The number of benzene rings is 1. The molecule has 0 aliphatic rings. The molecule has 13 heteroatoms. The molecule has 0 spiro atoms. The number of nitrogens with two attached hydrogens (primary N) is 2. The molecule has 7 N–H and O–H groups in total. The number of carbonyl (C=O) groups excluding carboxylic acids is 1. The number of aromatic nitrogens is 4. The number of hydrogen-bond acceptors (Lipinski definition) is 10. The van der Waals surface area contributed by atoms with Gasteiger partial charge in [-0.25, -0.2) is 9.97 Å². The average Bonchev–Trinajstić information content (AvgIpc) is 2.78. The second-order valence-electron chi connectivity index (χ2n) is 6.73. The number of anilines is 3. The van der Waals surface area contributed by atoms with E-state index in [0.717, 1.165) is 5.69 Å². The number of carboxylic acid groups (broad SMARTS) is 2. The van der Waals surface area contributed by atoms with Crippen molar-refractivity contribution in [1.82, 2.24) is 25.3 Å². The molecular formula is C20H24N8O5. The van der Waals surface area contributed by atoms with Crippen molar-refractivity contribution in [3.8, 4) is 0 Å². The van der Waals surface area contributed by atoms with Gasteiger partial charge in [0, 0.05) is 24.7 Å². The SMILES string of the molecule is CCC(=O)O.CN(Cc1cnc2nc(N)nc(N)c2n1)c1ccc(C(=O)NCC(=O)O)cc1. The zero-order valence-electron chi connectivity index (χ0n) is 18.0. The van der Waals surface area contributed by atoms with E-state index in [0.29, 0.717) is 29.0 Å². The van der Waals surface area contributed by atoms with Crippen LogP contribution in [0, 0.1) is 0 Å². The molecule has 1 amide bonds. The smallest absolute Gasteiger partial charge is 0.322 e. The zero-order valence-corrected chi connectivity index (χ0v) is 18.0. The molecule has 174 valence electrons. The van der Waals surface area contributed by atoms with Crippen LogP contribution in [0.25, 0.3) is 11.2 Å². The number of nitrogens with one attached hydrogen (secondary N) is 1. The number of fused-ring (bicyclic) bond motifs is 1. The highest BCUT2D eigenvalue weighted by Gasteiger charge is 2.11. The Labute approximate surface area is 188 Å². The predicted octanol–water partition coefficient (Wildman–Crippen LogP) is 0.516. The van der Waals surface area contributed by atoms with E-state index in [1.54, 1.807) is 37.4 Å². The van der Waals surface area contributed by atoms with Crippen molar-refractivity contribution in [2.75, 3.05) is 30.0 Å². The first-order valence-corrected chi connectivity index (χ1v) is 9.68. The van der Waals surface area contributed by atoms with Crippen molar-refractivity contribution >= 4 is 46.5 Å². The van der Waals surface area contributed by atoms with Crippen LogP contribution in [0.4, 0.5) is 17.5 Å². The highest BCUT2D eigenvalue weighted by atomic mass is 16.4. The van der Waals surface area contributed by atoms with Crippen LogP contribution in [-0.2, 0) is 16.1 Å². The van der Waals surface area contributed by atoms with Gasteiger partial charge in [0.25, 0.3) is 5.91 Å². The Hall–Kier alpha value is -4.55. The van der Waals surface area contributed by atoms with Crippen LogP contribution < -0.4 is 21.7 Å². The van der Waals surface area contributed by atoms with Crippen LogP contribution in [0.1, 0.15) is 29.4 Å². The molecule has 0 aliphatic carbocycles. The van der Waals surface area contributed by atoms with Gasteiger partial charge in [0.05, 0.1) is 18.4 Å². The number of carboxylic acids is 2. The number of nitrogen functional groups attached to an aromatic ring is 2. The van der Waals surface area contributed by atoms with E-state index in [1.165, 1.54) is 0 Å². The Kier molecular flexibility index (Phi) is 8.37. The number of amides is 1. The van der Waals surface area contributed by atoms with Crippen molar-refractivity contribution in [3.05, 3.63) is 41.7 Å². The summed E-state index contributed by atoms with van der Waals surface area (Å²) in [6.07, 6.45) is 1.80. The monoisotopic (exact) mass is 456 g/mol. The third kappa shape index (κ3) is 7.27. The topological polar surface area (TPSA) is 211 Å². The normalized spacial score (nSPS) is 10.1. The van der Waals surface area contributed by atoms with E-state index >= 15 is 0 Å². The van der Waals surface area contributed by atoms with Gasteiger partial charge in [-0.2, -0.15) is 9.97 Å². The summed E-state index contributed by atoms with van der Waals surface area (Å²) in [4.78, 5) is 50.2. The molecule has 33 heavy (non-hydrogen) atoms. The molecule has 3 rings (SSSR count). The molecule has 0 saturated heterocycles. The molecule has 2 heterocycles. The lowest BCUT2D eigenvalue weighted by atomic mass is 10.2. The highest BCUT2D eigenvalue weighted by molar-refractivity contribution is 5.96. The van der Waals surface area contributed by atoms with Gasteiger partial charge in [0.2, 0.25) is 5.95 Å². The number of carbonyl (C=O) groups is 3. The Morgan fingerprint density at radius 3 is 2.24 bits per heavy atom. The van der Waals surface area contributed by atoms with E-state index in [1.807, 2.05) is 11.9 Å². The van der Waals surface area contributed by atoms with Crippen molar-refractivity contribution in [1.29, 1.82) is 0 Å². The molecular weight excluding hydrogens is 432 g/mol. The summed E-state index contributed by atoms with van der Waals surface area (Å²) in [5.41, 5.74) is 13.9. The molecule has 1 aromatic carbocycles. The summed E-state index contributed by atoms with van der Waals surface area (Å²) in [7, 11) is 1.86. The fraction of sp³-hybridized carbons (Fsp3) is 0.250. The number of aliphatic carboxylic acids is 2. The Balaban J connectivity index is 0.000000696. The van der Waals surface area contributed by atoms with Crippen molar-refractivity contribution in [2.24, 2.45) is 0 Å². The highest BCUT2D eigenvalue weighted by Crippen LogP contribution is 2.18. The molecule has 0 atom stereocenters. The van der Waals surface area contributed by atoms with Crippen LogP contribution in [0.15, 0.2) is 30.5 Å². The maximum atomic E-state index is 11.9. The number of nitrogens with zero attached hydrogens (tertiary/aromatic N) is 5. The Morgan fingerprint density at radius 2 is 1.67 bits per heavy atom. The van der Waals surface area contributed by atoms with Crippen LogP contribution in [0.2, 0.25) is 0 Å². The lowest BCUT2D eigenvalue weighted by Gasteiger charge is -2.19. The first-order chi connectivity index (χ1) is 15.6.